The summed E-state index contributed by atoms with van der Waals surface area (Å²) in [5.74, 6) is 0.222. The molecule has 0 bridgehead atoms. The van der Waals surface area contributed by atoms with E-state index in [1.54, 1.807) is 6.20 Å². The number of nitrogens with one attached hydrogen (secondary N) is 1. The largest absolute Gasteiger partial charge is 0.505 e. The number of likely N-dealkylation sites (tertiary alicyclic amines) is 1. The van der Waals surface area contributed by atoms with E-state index in [0.717, 1.165) is 29.6 Å². The van der Waals surface area contributed by atoms with Crippen LogP contribution in [-0.2, 0) is 0 Å². The lowest BCUT2D eigenvalue weighted by Crippen LogP contribution is -3.10. The second-order valence-electron chi connectivity index (χ2n) is 6.55. The zero-order valence-electron chi connectivity index (χ0n) is 13.7. The quantitative estimate of drug-likeness (QED) is 0.727. The third-order valence-electron chi connectivity index (χ3n) is 5.01. The summed E-state index contributed by atoms with van der Waals surface area (Å²) in [4.78, 5) is 5.79. The standard InChI is InChI=1S/C20H18Cl2N2O/c21-14-7-5-13(6-8-14)19(24-10-1-2-11-24)16-12-17(22)15-4-3-9-23-18(15)20(16)25/h3-9,12,19,25H,1-2,10-11H2/p+1/t19-/m1/s1. The van der Waals surface area contributed by atoms with Gasteiger partial charge in [-0.05, 0) is 30.3 Å². The number of halogens is 2. The highest BCUT2D eigenvalue weighted by molar-refractivity contribution is 6.35. The number of rotatable bonds is 3. The van der Waals surface area contributed by atoms with Gasteiger partial charge in [-0.1, -0.05) is 35.3 Å². The van der Waals surface area contributed by atoms with E-state index in [9.17, 15) is 5.11 Å². The van der Waals surface area contributed by atoms with Gasteiger partial charge in [0.15, 0.2) is 5.75 Å². The van der Waals surface area contributed by atoms with Gasteiger partial charge >= 0.3 is 0 Å². The molecule has 1 fully saturated rings. The van der Waals surface area contributed by atoms with Crippen LogP contribution in [-0.4, -0.2) is 23.2 Å². The Bertz CT molecular complexity index is 905. The molecule has 0 aliphatic carbocycles. The lowest BCUT2D eigenvalue weighted by Gasteiger charge is -2.26. The zero-order chi connectivity index (χ0) is 17.4. The predicted molar refractivity (Wildman–Crippen MR) is 102 cm³/mol. The fourth-order valence-electron chi connectivity index (χ4n) is 3.83. The molecule has 3 aromatic rings. The molecular weight excluding hydrogens is 355 g/mol. The third kappa shape index (κ3) is 3.08. The van der Waals surface area contributed by atoms with Crippen molar-refractivity contribution in [1.82, 2.24) is 4.98 Å². The molecule has 3 nitrogen and oxygen atoms in total. The Morgan fingerprint density at radius 2 is 1.76 bits per heavy atom. The monoisotopic (exact) mass is 373 g/mol. The number of nitrogens with zero attached hydrogens (tertiary/aromatic N) is 1. The van der Waals surface area contributed by atoms with E-state index >= 15 is 0 Å². The van der Waals surface area contributed by atoms with Crippen molar-refractivity contribution >= 4 is 34.1 Å². The zero-order valence-corrected chi connectivity index (χ0v) is 15.2. The van der Waals surface area contributed by atoms with Gasteiger partial charge in [0.1, 0.15) is 11.6 Å². The van der Waals surface area contributed by atoms with Crippen molar-refractivity contribution in [2.75, 3.05) is 13.1 Å². The number of fused-ring (bicyclic) bond motifs is 1. The molecule has 5 heteroatoms. The van der Waals surface area contributed by atoms with Crippen LogP contribution in [0.4, 0.5) is 0 Å². The predicted octanol–water partition coefficient (Wildman–Crippen LogP) is 4.02. The molecule has 1 aliphatic rings. The van der Waals surface area contributed by atoms with Crippen molar-refractivity contribution in [2.45, 2.75) is 18.9 Å². The first kappa shape index (κ1) is 16.6. The number of hydrogen-bond donors (Lipinski definition) is 2. The molecule has 2 N–H and O–H groups in total. The minimum absolute atomic E-state index is 0.0173. The Hall–Kier alpha value is -1.81. The number of aromatic nitrogens is 1. The molecule has 2 aromatic carbocycles. The van der Waals surface area contributed by atoms with E-state index in [0.29, 0.717) is 15.6 Å². The van der Waals surface area contributed by atoms with Crippen molar-refractivity contribution in [3.63, 3.8) is 0 Å². The Kier molecular flexibility index (Phi) is 4.55. The van der Waals surface area contributed by atoms with Crippen LogP contribution in [0.2, 0.25) is 10.0 Å². The molecule has 0 saturated carbocycles. The van der Waals surface area contributed by atoms with Crippen LogP contribution in [0.5, 0.6) is 5.75 Å². The summed E-state index contributed by atoms with van der Waals surface area (Å²) >= 11 is 12.6. The maximum absolute atomic E-state index is 11.0. The molecule has 1 aromatic heterocycles. The van der Waals surface area contributed by atoms with Crippen molar-refractivity contribution in [3.8, 4) is 5.75 Å². The van der Waals surface area contributed by atoms with Crippen molar-refractivity contribution < 1.29 is 10.0 Å². The number of quaternary nitrogens is 1. The highest BCUT2D eigenvalue weighted by Gasteiger charge is 2.32. The molecule has 25 heavy (non-hydrogen) atoms. The van der Waals surface area contributed by atoms with Gasteiger partial charge in [0, 0.05) is 35.0 Å². The molecule has 1 atom stereocenters. The third-order valence-corrected chi connectivity index (χ3v) is 5.58. The molecule has 0 spiro atoms. The SMILES string of the molecule is Oc1c([C@@H](c2ccc(Cl)cc2)[NH+]2CCCC2)cc(Cl)c2cccnc12. The summed E-state index contributed by atoms with van der Waals surface area (Å²) in [6, 6.07) is 13.5. The van der Waals surface area contributed by atoms with E-state index in [1.165, 1.54) is 17.7 Å². The van der Waals surface area contributed by atoms with Crippen LogP contribution in [0, 0.1) is 0 Å². The Balaban J connectivity index is 1.91. The molecule has 0 radical (unpaired) electrons. The van der Waals surface area contributed by atoms with Gasteiger partial charge in [-0.3, -0.25) is 4.98 Å². The van der Waals surface area contributed by atoms with E-state index in [2.05, 4.69) is 4.98 Å². The lowest BCUT2D eigenvalue weighted by atomic mass is 9.95. The first-order chi connectivity index (χ1) is 12.1. The first-order valence-electron chi connectivity index (χ1n) is 8.51. The summed E-state index contributed by atoms with van der Waals surface area (Å²) < 4.78 is 0. The summed E-state index contributed by atoms with van der Waals surface area (Å²) in [5.41, 5.74) is 2.51. The Morgan fingerprint density at radius 3 is 2.48 bits per heavy atom. The van der Waals surface area contributed by atoms with Gasteiger partial charge < -0.3 is 10.0 Å². The number of phenolic OH excluding ortho intramolecular Hbond substituents is 1. The van der Waals surface area contributed by atoms with E-state index < -0.39 is 0 Å². The van der Waals surface area contributed by atoms with Crippen molar-refractivity contribution in [2.24, 2.45) is 0 Å². The molecule has 4 rings (SSSR count). The summed E-state index contributed by atoms with van der Waals surface area (Å²) in [5, 5.41) is 13.1. The lowest BCUT2D eigenvalue weighted by molar-refractivity contribution is -0.913. The number of pyridine rings is 1. The normalized spacial score (nSPS) is 16.4. The van der Waals surface area contributed by atoms with Crippen LogP contribution >= 0.6 is 23.2 Å². The number of benzene rings is 2. The van der Waals surface area contributed by atoms with E-state index in [1.807, 2.05) is 42.5 Å². The fourth-order valence-corrected chi connectivity index (χ4v) is 4.23. The minimum atomic E-state index is 0.0173. The van der Waals surface area contributed by atoms with Crippen LogP contribution in [0.25, 0.3) is 10.9 Å². The molecule has 0 unspecified atom stereocenters. The maximum Gasteiger partial charge on any atom is 0.151 e. The van der Waals surface area contributed by atoms with E-state index in [-0.39, 0.29) is 11.8 Å². The smallest absolute Gasteiger partial charge is 0.151 e. The Morgan fingerprint density at radius 1 is 1.04 bits per heavy atom. The second-order valence-corrected chi connectivity index (χ2v) is 7.39. The van der Waals surface area contributed by atoms with Gasteiger partial charge in [-0.15, -0.1) is 0 Å². The highest BCUT2D eigenvalue weighted by atomic mass is 35.5. The molecule has 1 saturated heterocycles. The van der Waals surface area contributed by atoms with Crippen molar-refractivity contribution in [3.05, 3.63) is 69.8 Å². The number of phenols is 1. The molecular formula is C20H19Cl2N2O+. The molecule has 2 heterocycles. The number of aromatic hydroxyl groups is 1. The van der Waals surface area contributed by atoms with Gasteiger partial charge in [-0.2, -0.15) is 0 Å². The maximum atomic E-state index is 11.0. The number of hydrogen-bond acceptors (Lipinski definition) is 2. The van der Waals surface area contributed by atoms with Crippen LogP contribution in [0.3, 0.4) is 0 Å². The molecule has 128 valence electrons. The van der Waals surface area contributed by atoms with Crippen molar-refractivity contribution in [1.29, 1.82) is 0 Å². The van der Waals surface area contributed by atoms with Crippen LogP contribution in [0.15, 0.2) is 48.7 Å². The van der Waals surface area contributed by atoms with Crippen LogP contribution < -0.4 is 4.90 Å². The second kappa shape index (κ2) is 6.83. The summed E-state index contributed by atoms with van der Waals surface area (Å²) in [7, 11) is 0. The van der Waals surface area contributed by atoms with E-state index in [4.69, 9.17) is 23.2 Å². The fraction of sp³-hybridized carbons (Fsp3) is 0.250. The molecule has 1 aliphatic heterocycles. The highest BCUT2D eigenvalue weighted by Crippen LogP contribution is 2.37. The van der Waals surface area contributed by atoms with Gasteiger partial charge in [-0.25, -0.2) is 0 Å². The average Bonchev–Trinajstić information content (AvgIpc) is 3.15. The molecule has 0 amide bonds. The topological polar surface area (TPSA) is 37.6 Å². The first-order valence-corrected chi connectivity index (χ1v) is 9.27. The van der Waals surface area contributed by atoms with Gasteiger partial charge in [0.05, 0.1) is 23.7 Å². The minimum Gasteiger partial charge on any atom is -0.505 e. The van der Waals surface area contributed by atoms with Gasteiger partial charge in [0.25, 0.3) is 0 Å². The summed E-state index contributed by atoms with van der Waals surface area (Å²) in [6.45, 7) is 2.15. The average molecular weight is 374 g/mol. The van der Waals surface area contributed by atoms with Crippen LogP contribution in [0.1, 0.15) is 30.0 Å². The summed E-state index contributed by atoms with van der Waals surface area (Å²) in [6.07, 6.45) is 4.07. The van der Waals surface area contributed by atoms with Gasteiger partial charge in [0.2, 0.25) is 0 Å². The Labute approximate surface area is 156 Å².